The van der Waals surface area contributed by atoms with Crippen LogP contribution in [0.3, 0.4) is 0 Å². The molecule has 0 aromatic heterocycles. The fourth-order valence-electron chi connectivity index (χ4n) is 1.08. The summed E-state index contributed by atoms with van der Waals surface area (Å²) in [6, 6.07) is 5.30. The Labute approximate surface area is 84.9 Å². The van der Waals surface area contributed by atoms with Gasteiger partial charge in [0.1, 0.15) is 6.29 Å². The molecule has 1 aromatic carbocycles. The fourth-order valence-corrected chi connectivity index (χ4v) is 2.06. The monoisotopic (exact) mass is 246 g/mol. The first kappa shape index (κ1) is 9.75. The number of carbonyl (C=O) groups excluding carboxylic acids is 1. The Morgan fingerprint density at radius 3 is 2.67 bits per heavy atom. The molecular formula is C9H8BrClO. The molecule has 0 N–H and O–H groups in total. The highest BCUT2D eigenvalue weighted by atomic mass is 79.9. The lowest BCUT2D eigenvalue weighted by atomic mass is 10.1. The number of hydrogen-bond acceptors (Lipinski definition) is 1. The normalized spacial score (nSPS) is 12.6. The molecule has 0 aliphatic rings. The smallest absolute Gasteiger partial charge is 0.150 e. The predicted octanol–water partition coefficient (Wildman–Crippen LogP) is 3.61. The van der Waals surface area contributed by atoms with Crippen molar-refractivity contribution in [2.45, 2.75) is 11.8 Å². The van der Waals surface area contributed by atoms with Crippen molar-refractivity contribution in [3.8, 4) is 0 Å². The second-order valence-corrected chi connectivity index (χ2v) is 4.26. The van der Waals surface area contributed by atoms with Crippen molar-refractivity contribution in [3.63, 3.8) is 0 Å². The number of aldehydes is 1. The third-order valence-corrected chi connectivity index (χ3v) is 2.40. The van der Waals surface area contributed by atoms with Gasteiger partial charge in [-0.3, -0.25) is 4.79 Å². The average Bonchev–Trinajstić information content (AvgIpc) is 2.03. The molecule has 1 rings (SSSR count). The first-order valence-corrected chi connectivity index (χ1v) is 4.84. The van der Waals surface area contributed by atoms with E-state index in [9.17, 15) is 4.79 Å². The van der Waals surface area contributed by atoms with Crippen LogP contribution in [-0.2, 0) is 0 Å². The molecular weight excluding hydrogens is 239 g/mol. The minimum atomic E-state index is 0.103. The molecule has 1 aromatic rings. The molecule has 0 aliphatic carbocycles. The van der Waals surface area contributed by atoms with Crippen molar-refractivity contribution in [2.75, 3.05) is 0 Å². The topological polar surface area (TPSA) is 17.1 Å². The summed E-state index contributed by atoms with van der Waals surface area (Å²) in [7, 11) is 0. The molecule has 0 heterocycles. The molecule has 0 amide bonds. The van der Waals surface area contributed by atoms with Gasteiger partial charge < -0.3 is 0 Å². The van der Waals surface area contributed by atoms with Gasteiger partial charge in [0.2, 0.25) is 0 Å². The fraction of sp³-hybridized carbons (Fsp3) is 0.222. The van der Waals surface area contributed by atoms with Gasteiger partial charge in [-0.25, -0.2) is 0 Å². The quantitative estimate of drug-likeness (QED) is 0.576. The number of benzene rings is 1. The Bertz CT molecular complexity index is 297. The summed E-state index contributed by atoms with van der Waals surface area (Å²) in [5.41, 5.74) is 1.50. The Hall–Kier alpha value is -0.340. The van der Waals surface area contributed by atoms with Crippen LogP contribution in [0.15, 0.2) is 18.2 Å². The summed E-state index contributed by atoms with van der Waals surface area (Å²) in [5, 5.41) is 0.629. The van der Waals surface area contributed by atoms with Crippen LogP contribution in [-0.4, -0.2) is 6.29 Å². The lowest BCUT2D eigenvalue weighted by molar-refractivity contribution is 0.112. The molecule has 0 saturated heterocycles. The lowest BCUT2D eigenvalue weighted by Gasteiger charge is -2.08. The maximum absolute atomic E-state index is 10.6. The molecule has 12 heavy (non-hydrogen) atoms. The molecule has 0 spiro atoms. The predicted molar refractivity (Wildman–Crippen MR) is 54.2 cm³/mol. The van der Waals surface area contributed by atoms with Crippen LogP contribution < -0.4 is 0 Å². The van der Waals surface area contributed by atoms with Gasteiger partial charge >= 0.3 is 0 Å². The van der Waals surface area contributed by atoms with Gasteiger partial charge in [0, 0.05) is 15.4 Å². The van der Waals surface area contributed by atoms with Crippen LogP contribution in [0.4, 0.5) is 0 Å². The summed E-state index contributed by atoms with van der Waals surface area (Å²) in [5.74, 6) is 0. The van der Waals surface area contributed by atoms with Crippen molar-refractivity contribution in [1.82, 2.24) is 0 Å². The van der Waals surface area contributed by atoms with Crippen LogP contribution in [0.1, 0.15) is 27.7 Å². The molecule has 1 nitrogen and oxygen atoms in total. The van der Waals surface area contributed by atoms with E-state index < -0.39 is 0 Å². The number of carbonyl (C=O) groups is 1. The van der Waals surface area contributed by atoms with Gasteiger partial charge in [-0.2, -0.15) is 0 Å². The molecule has 0 bridgehead atoms. The third-order valence-electron chi connectivity index (χ3n) is 1.61. The first-order valence-electron chi connectivity index (χ1n) is 3.54. The Morgan fingerprint density at radius 1 is 1.58 bits per heavy atom. The SMILES string of the molecule is CC(Br)c1c(Cl)cccc1C=O. The van der Waals surface area contributed by atoms with E-state index in [0.29, 0.717) is 10.6 Å². The number of alkyl halides is 1. The van der Waals surface area contributed by atoms with Crippen LogP contribution in [0.25, 0.3) is 0 Å². The van der Waals surface area contributed by atoms with Crippen molar-refractivity contribution >= 4 is 33.8 Å². The summed E-state index contributed by atoms with van der Waals surface area (Å²) >= 11 is 9.30. The molecule has 0 saturated carbocycles. The highest BCUT2D eigenvalue weighted by molar-refractivity contribution is 9.09. The molecule has 64 valence electrons. The Morgan fingerprint density at radius 2 is 2.25 bits per heavy atom. The van der Waals surface area contributed by atoms with Gasteiger partial charge in [0.15, 0.2) is 0 Å². The standard InChI is InChI=1S/C9H8BrClO/c1-6(10)9-7(5-12)3-2-4-8(9)11/h2-6H,1H3. The van der Waals surface area contributed by atoms with E-state index in [1.54, 1.807) is 18.2 Å². The molecule has 1 unspecified atom stereocenters. The maximum Gasteiger partial charge on any atom is 0.150 e. The van der Waals surface area contributed by atoms with Crippen molar-refractivity contribution in [2.24, 2.45) is 0 Å². The summed E-state index contributed by atoms with van der Waals surface area (Å²) in [6.45, 7) is 1.94. The summed E-state index contributed by atoms with van der Waals surface area (Å²) in [6.07, 6.45) is 0.818. The van der Waals surface area contributed by atoms with Gasteiger partial charge in [0.25, 0.3) is 0 Å². The zero-order valence-electron chi connectivity index (χ0n) is 6.55. The van der Waals surface area contributed by atoms with Gasteiger partial charge in [0.05, 0.1) is 0 Å². The van der Waals surface area contributed by atoms with Crippen LogP contribution in [0.5, 0.6) is 0 Å². The summed E-state index contributed by atoms with van der Waals surface area (Å²) < 4.78 is 0. The van der Waals surface area contributed by atoms with Gasteiger partial charge in [-0.15, -0.1) is 0 Å². The van der Waals surface area contributed by atoms with E-state index in [4.69, 9.17) is 11.6 Å². The van der Waals surface area contributed by atoms with Gasteiger partial charge in [-0.05, 0) is 18.6 Å². The van der Waals surface area contributed by atoms with E-state index >= 15 is 0 Å². The largest absolute Gasteiger partial charge is 0.298 e. The second-order valence-electron chi connectivity index (χ2n) is 2.48. The number of hydrogen-bond donors (Lipinski definition) is 0. The zero-order valence-corrected chi connectivity index (χ0v) is 8.89. The van der Waals surface area contributed by atoms with E-state index in [0.717, 1.165) is 11.8 Å². The van der Waals surface area contributed by atoms with Gasteiger partial charge in [-0.1, -0.05) is 39.7 Å². The Kier molecular flexibility index (Phi) is 3.29. The average molecular weight is 248 g/mol. The van der Waals surface area contributed by atoms with E-state index in [2.05, 4.69) is 15.9 Å². The minimum absolute atomic E-state index is 0.103. The zero-order chi connectivity index (χ0) is 9.14. The van der Waals surface area contributed by atoms with Crippen LogP contribution in [0, 0.1) is 0 Å². The highest BCUT2D eigenvalue weighted by Crippen LogP contribution is 2.30. The van der Waals surface area contributed by atoms with Crippen LogP contribution in [0.2, 0.25) is 5.02 Å². The van der Waals surface area contributed by atoms with E-state index in [1.165, 1.54) is 0 Å². The number of halogens is 2. The third kappa shape index (κ3) is 1.87. The minimum Gasteiger partial charge on any atom is -0.298 e. The van der Waals surface area contributed by atoms with E-state index in [-0.39, 0.29) is 4.83 Å². The lowest BCUT2D eigenvalue weighted by Crippen LogP contribution is -1.93. The van der Waals surface area contributed by atoms with E-state index in [1.807, 2.05) is 6.92 Å². The van der Waals surface area contributed by atoms with Crippen molar-refractivity contribution < 1.29 is 4.79 Å². The maximum atomic E-state index is 10.6. The molecule has 0 radical (unpaired) electrons. The van der Waals surface area contributed by atoms with Crippen molar-refractivity contribution in [1.29, 1.82) is 0 Å². The molecule has 3 heteroatoms. The first-order chi connectivity index (χ1) is 5.66. The Balaban J connectivity index is 3.29. The van der Waals surface area contributed by atoms with Crippen LogP contribution >= 0.6 is 27.5 Å². The van der Waals surface area contributed by atoms with Crippen molar-refractivity contribution in [3.05, 3.63) is 34.3 Å². The second kappa shape index (κ2) is 4.06. The highest BCUT2D eigenvalue weighted by Gasteiger charge is 2.10. The molecule has 0 fully saturated rings. The molecule has 1 atom stereocenters. The molecule has 0 aliphatic heterocycles. The number of rotatable bonds is 2. The summed E-state index contributed by atoms with van der Waals surface area (Å²) in [4.78, 5) is 10.7.